The van der Waals surface area contributed by atoms with E-state index in [1.807, 2.05) is 0 Å². The van der Waals surface area contributed by atoms with Crippen LogP contribution in [0.15, 0.2) is 24.3 Å². The lowest BCUT2D eigenvalue weighted by molar-refractivity contribution is 0.754. The molecule has 2 aliphatic rings. The summed E-state index contributed by atoms with van der Waals surface area (Å²) in [6.45, 7) is 4.01. The summed E-state index contributed by atoms with van der Waals surface area (Å²) in [5.74, 6) is 1.69. The maximum Gasteiger partial charge on any atom is 0.133 e. The first-order valence-electron chi connectivity index (χ1n) is 7.45. The summed E-state index contributed by atoms with van der Waals surface area (Å²) >= 11 is 0. The molecular formula is C17H19N3. The SMILES string of the molecule is Cc1ccccc1Cc1nc2c(c(C3CC3)n1)CNC2. The van der Waals surface area contributed by atoms with Crippen LogP contribution in [0.2, 0.25) is 0 Å². The average Bonchev–Trinajstić information content (AvgIpc) is 3.19. The highest BCUT2D eigenvalue weighted by molar-refractivity contribution is 5.35. The van der Waals surface area contributed by atoms with Gasteiger partial charge in [0.2, 0.25) is 0 Å². The van der Waals surface area contributed by atoms with E-state index >= 15 is 0 Å². The molecule has 0 bridgehead atoms. The van der Waals surface area contributed by atoms with Crippen molar-refractivity contribution in [3.05, 3.63) is 58.2 Å². The van der Waals surface area contributed by atoms with Gasteiger partial charge in [-0.1, -0.05) is 24.3 Å². The van der Waals surface area contributed by atoms with E-state index in [9.17, 15) is 0 Å². The van der Waals surface area contributed by atoms with Crippen LogP contribution in [0.25, 0.3) is 0 Å². The number of hydrogen-bond acceptors (Lipinski definition) is 3. The van der Waals surface area contributed by atoms with Gasteiger partial charge in [-0.15, -0.1) is 0 Å². The lowest BCUT2D eigenvalue weighted by atomic mass is 10.0. The Morgan fingerprint density at radius 2 is 2.00 bits per heavy atom. The number of aromatic nitrogens is 2. The minimum Gasteiger partial charge on any atom is -0.307 e. The van der Waals surface area contributed by atoms with Gasteiger partial charge in [0.15, 0.2) is 0 Å². The topological polar surface area (TPSA) is 37.8 Å². The quantitative estimate of drug-likeness (QED) is 0.927. The van der Waals surface area contributed by atoms with E-state index in [1.54, 1.807) is 0 Å². The third-order valence-electron chi connectivity index (χ3n) is 4.34. The van der Waals surface area contributed by atoms with E-state index in [0.29, 0.717) is 5.92 Å². The van der Waals surface area contributed by atoms with Crippen LogP contribution in [-0.2, 0) is 19.5 Å². The van der Waals surface area contributed by atoms with Gasteiger partial charge < -0.3 is 5.32 Å². The average molecular weight is 265 g/mol. The molecule has 1 N–H and O–H groups in total. The van der Waals surface area contributed by atoms with E-state index < -0.39 is 0 Å². The summed E-state index contributed by atoms with van der Waals surface area (Å²) in [6.07, 6.45) is 3.44. The van der Waals surface area contributed by atoms with Crippen LogP contribution in [0.4, 0.5) is 0 Å². The molecule has 4 rings (SSSR count). The van der Waals surface area contributed by atoms with Crippen LogP contribution in [0.3, 0.4) is 0 Å². The first-order valence-corrected chi connectivity index (χ1v) is 7.45. The summed E-state index contributed by atoms with van der Waals surface area (Å²) in [6, 6.07) is 8.52. The summed E-state index contributed by atoms with van der Waals surface area (Å²) in [7, 11) is 0. The van der Waals surface area contributed by atoms with E-state index in [4.69, 9.17) is 9.97 Å². The summed E-state index contributed by atoms with van der Waals surface area (Å²) in [5, 5.41) is 3.41. The zero-order valence-electron chi connectivity index (χ0n) is 11.8. The van der Waals surface area contributed by atoms with Crippen molar-refractivity contribution in [1.82, 2.24) is 15.3 Å². The fraction of sp³-hybridized carbons (Fsp3) is 0.412. The molecule has 2 aromatic rings. The highest BCUT2D eigenvalue weighted by Gasteiger charge is 2.31. The van der Waals surface area contributed by atoms with Gasteiger partial charge in [-0.3, -0.25) is 0 Å². The maximum atomic E-state index is 4.89. The Hall–Kier alpha value is -1.74. The van der Waals surface area contributed by atoms with Crippen LogP contribution in [0.1, 0.15) is 52.7 Å². The standard InChI is InChI=1S/C17H19N3/c1-11-4-2-3-5-13(11)8-16-19-15-10-18-9-14(15)17(20-16)12-6-7-12/h2-5,12,18H,6-10H2,1H3. The third-order valence-corrected chi connectivity index (χ3v) is 4.34. The Bertz CT molecular complexity index is 659. The number of hydrogen-bond donors (Lipinski definition) is 1. The number of rotatable bonds is 3. The zero-order valence-corrected chi connectivity index (χ0v) is 11.8. The molecule has 2 heterocycles. The number of benzene rings is 1. The third kappa shape index (κ3) is 2.12. The molecular weight excluding hydrogens is 246 g/mol. The van der Waals surface area contributed by atoms with Gasteiger partial charge in [-0.05, 0) is 30.9 Å². The molecule has 1 aromatic heterocycles. The van der Waals surface area contributed by atoms with Crippen LogP contribution < -0.4 is 5.32 Å². The van der Waals surface area contributed by atoms with E-state index in [2.05, 4.69) is 36.5 Å². The highest BCUT2D eigenvalue weighted by Crippen LogP contribution is 2.41. The molecule has 1 saturated carbocycles. The van der Waals surface area contributed by atoms with Crippen LogP contribution in [0.5, 0.6) is 0 Å². The van der Waals surface area contributed by atoms with Crippen molar-refractivity contribution in [1.29, 1.82) is 0 Å². The Balaban J connectivity index is 1.72. The Labute approximate surface area is 119 Å². The molecule has 1 aliphatic carbocycles. The normalized spacial score (nSPS) is 17.2. The second kappa shape index (κ2) is 4.67. The molecule has 3 nitrogen and oxygen atoms in total. The number of fused-ring (bicyclic) bond motifs is 1. The van der Waals surface area contributed by atoms with Crippen molar-refractivity contribution in [2.24, 2.45) is 0 Å². The van der Waals surface area contributed by atoms with Crippen LogP contribution in [-0.4, -0.2) is 9.97 Å². The summed E-state index contributed by atoms with van der Waals surface area (Å²) < 4.78 is 0. The second-order valence-electron chi connectivity index (χ2n) is 5.93. The van der Waals surface area contributed by atoms with Crippen LogP contribution >= 0.6 is 0 Å². The number of nitrogens with zero attached hydrogens (tertiary/aromatic N) is 2. The fourth-order valence-corrected chi connectivity index (χ4v) is 3.00. The van der Waals surface area contributed by atoms with Gasteiger partial charge in [0.25, 0.3) is 0 Å². The molecule has 0 unspecified atom stereocenters. The van der Waals surface area contributed by atoms with Crippen molar-refractivity contribution in [2.75, 3.05) is 0 Å². The molecule has 1 aromatic carbocycles. The minimum absolute atomic E-state index is 0.697. The largest absolute Gasteiger partial charge is 0.307 e. The molecule has 102 valence electrons. The maximum absolute atomic E-state index is 4.89. The Morgan fingerprint density at radius 3 is 2.80 bits per heavy atom. The van der Waals surface area contributed by atoms with Gasteiger partial charge in [0.1, 0.15) is 5.82 Å². The molecule has 0 saturated heterocycles. The molecule has 3 heteroatoms. The molecule has 1 fully saturated rings. The van der Waals surface area contributed by atoms with Crippen molar-refractivity contribution in [3.63, 3.8) is 0 Å². The second-order valence-corrected chi connectivity index (χ2v) is 5.93. The van der Waals surface area contributed by atoms with Gasteiger partial charge in [-0.2, -0.15) is 0 Å². The van der Waals surface area contributed by atoms with Crippen molar-refractivity contribution in [3.8, 4) is 0 Å². The van der Waals surface area contributed by atoms with Gasteiger partial charge in [0.05, 0.1) is 11.4 Å². The van der Waals surface area contributed by atoms with E-state index in [0.717, 1.165) is 25.3 Å². The molecule has 20 heavy (non-hydrogen) atoms. The molecule has 0 amide bonds. The van der Waals surface area contributed by atoms with Gasteiger partial charge in [0, 0.05) is 31.0 Å². The first-order chi connectivity index (χ1) is 9.81. The first kappa shape index (κ1) is 12.0. The van der Waals surface area contributed by atoms with Crippen LogP contribution in [0, 0.1) is 6.92 Å². The summed E-state index contributed by atoms with van der Waals surface area (Å²) in [4.78, 5) is 9.68. The Morgan fingerprint density at radius 1 is 1.15 bits per heavy atom. The lowest BCUT2D eigenvalue weighted by Gasteiger charge is -2.10. The fourth-order valence-electron chi connectivity index (χ4n) is 3.00. The van der Waals surface area contributed by atoms with Crippen molar-refractivity contribution < 1.29 is 0 Å². The monoisotopic (exact) mass is 265 g/mol. The van der Waals surface area contributed by atoms with Crippen molar-refractivity contribution >= 4 is 0 Å². The molecule has 0 radical (unpaired) electrons. The molecule has 0 spiro atoms. The predicted molar refractivity (Wildman–Crippen MR) is 78.5 cm³/mol. The number of nitrogens with one attached hydrogen (secondary N) is 1. The van der Waals surface area contributed by atoms with Gasteiger partial charge in [-0.25, -0.2) is 9.97 Å². The van der Waals surface area contributed by atoms with E-state index in [-0.39, 0.29) is 0 Å². The lowest BCUT2D eigenvalue weighted by Crippen LogP contribution is -2.06. The van der Waals surface area contributed by atoms with E-state index in [1.165, 1.54) is 40.9 Å². The summed E-state index contributed by atoms with van der Waals surface area (Å²) in [5.41, 5.74) is 6.58. The highest BCUT2D eigenvalue weighted by atomic mass is 15.0. The number of aryl methyl sites for hydroxylation is 1. The van der Waals surface area contributed by atoms with Gasteiger partial charge >= 0.3 is 0 Å². The molecule has 1 aliphatic heterocycles. The van der Waals surface area contributed by atoms with Crippen molar-refractivity contribution in [2.45, 2.75) is 45.2 Å². The Kier molecular flexibility index (Phi) is 2.81. The zero-order chi connectivity index (χ0) is 13.5. The predicted octanol–water partition coefficient (Wildman–Crippen LogP) is 2.86. The smallest absolute Gasteiger partial charge is 0.133 e. The minimum atomic E-state index is 0.697. The molecule has 0 atom stereocenters.